The van der Waals surface area contributed by atoms with Gasteiger partial charge in [0.2, 0.25) is 0 Å². The van der Waals surface area contributed by atoms with E-state index < -0.39 is 18.0 Å². The number of aryl methyl sites for hydroxylation is 1. The molecule has 6 nitrogen and oxygen atoms in total. The number of hydrogen-bond donors (Lipinski definition) is 1. The number of amides is 1. The first-order valence-corrected chi connectivity index (χ1v) is 9.41. The Morgan fingerprint density at radius 3 is 2.61 bits per heavy atom. The van der Waals surface area contributed by atoms with Crippen molar-refractivity contribution in [1.29, 1.82) is 0 Å². The Labute approximate surface area is 165 Å². The number of esters is 1. The summed E-state index contributed by atoms with van der Waals surface area (Å²) in [7, 11) is 0. The van der Waals surface area contributed by atoms with Crippen LogP contribution in [0.25, 0.3) is 0 Å². The molecular weight excluding hydrogens is 358 g/mol. The summed E-state index contributed by atoms with van der Waals surface area (Å²) in [5, 5.41) is 2.73. The van der Waals surface area contributed by atoms with Gasteiger partial charge in [-0.05, 0) is 57.0 Å². The molecule has 6 heteroatoms. The number of hydrogen-bond acceptors (Lipinski definition) is 5. The van der Waals surface area contributed by atoms with Crippen LogP contribution in [0.4, 0.5) is 5.69 Å². The minimum absolute atomic E-state index is 0.180. The van der Waals surface area contributed by atoms with Gasteiger partial charge in [-0.3, -0.25) is 9.59 Å². The summed E-state index contributed by atoms with van der Waals surface area (Å²) in [6.07, 6.45) is -0.215. The van der Waals surface area contributed by atoms with Gasteiger partial charge in [-0.15, -0.1) is 0 Å². The average Bonchev–Trinajstić information content (AvgIpc) is 2.67. The van der Waals surface area contributed by atoms with Crippen molar-refractivity contribution in [3.63, 3.8) is 0 Å². The molecule has 0 fully saturated rings. The number of para-hydroxylation sites is 2. The summed E-state index contributed by atoms with van der Waals surface area (Å²) in [5.41, 5.74) is 1.66. The fourth-order valence-electron chi connectivity index (χ4n) is 2.51. The molecule has 2 rings (SSSR count). The summed E-state index contributed by atoms with van der Waals surface area (Å²) < 4.78 is 16.3. The molecule has 28 heavy (non-hydrogen) atoms. The number of rotatable bonds is 10. The monoisotopic (exact) mass is 385 g/mol. The fourth-order valence-corrected chi connectivity index (χ4v) is 2.51. The van der Waals surface area contributed by atoms with Gasteiger partial charge in [-0.25, -0.2) is 0 Å². The minimum atomic E-state index is -0.903. The number of anilines is 1. The first-order chi connectivity index (χ1) is 13.5. The van der Waals surface area contributed by atoms with Gasteiger partial charge in [0.05, 0.1) is 18.9 Å². The standard InChI is InChI=1S/C22H27NO5/c1-4-26-20-12-6-5-11-19(20)23-22(25)17(3)28-21(24)13-8-14-27-18-10-7-9-16(2)15-18/h5-7,9-12,15,17H,4,8,13-14H2,1-3H3,(H,23,25). The molecule has 0 spiro atoms. The fraction of sp³-hybridized carbons (Fsp3) is 0.364. The molecular formula is C22H27NO5. The molecule has 0 bridgehead atoms. The molecule has 150 valence electrons. The van der Waals surface area contributed by atoms with Crippen LogP contribution in [-0.2, 0) is 14.3 Å². The van der Waals surface area contributed by atoms with Gasteiger partial charge in [0.25, 0.3) is 5.91 Å². The zero-order valence-electron chi connectivity index (χ0n) is 16.6. The minimum Gasteiger partial charge on any atom is -0.494 e. The lowest BCUT2D eigenvalue weighted by Gasteiger charge is -2.15. The SMILES string of the molecule is CCOc1ccccc1NC(=O)C(C)OC(=O)CCCOc1cccc(C)c1. The molecule has 1 amide bonds. The van der Waals surface area contributed by atoms with Crippen molar-refractivity contribution in [2.24, 2.45) is 0 Å². The van der Waals surface area contributed by atoms with Crippen LogP contribution < -0.4 is 14.8 Å². The van der Waals surface area contributed by atoms with Crippen molar-refractivity contribution < 1.29 is 23.8 Å². The van der Waals surface area contributed by atoms with Crippen LogP contribution >= 0.6 is 0 Å². The van der Waals surface area contributed by atoms with E-state index in [2.05, 4.69) is 5.32 Å². The molecule has 0 heterocycles. The lowest BCUT2D eigenvalue weighted by molar-refractivity contribution is -0.153. The van der Waals surface area contributed by atoms with Gasteiger partial charge < -0.3 is 19.5 Å². The van der Waals surface area contributed by atoms with Crippen molar-refractivity contribution in [1.82, 2.24) is 0 Å². The van der Waals surface area contributed by atoms with Crippen LogP contribution in [0.15, 0.2) is 48.5 Å². The van der Waals surface area contributed by atoms with E-state index in [1.54, 1.807) is 25.1 Å². The molecule has 2 aromatic carbocycles. The quantitative estimate of drug-likeness (QED) is 0.492. The molecule has 1 unspecified atom stereocenters. The first kappa shape index (κ1) is 21.3. The van der Waals surface area contributed by atoms with E-state index >= 15 is 0 Å². The van der Waals surface area contributed by atoms with E-state index in [4.69, 9.17) is 14.2 Å². The highest BCUT2D eigenvalue weighted by Crippen LogP contribution is 2.24. The topological polar surface area (TPSA) is 73.9 Å². The average molecular weight is 385 g/mol. The van der Waals surface area contributed by atoms with Gasteiger partial charge >= 0.3 is 5.97 Å². The molecule has 1 N–H and O–H groups in total. The van der Waals surface area contributed by atoms with Crippen LogP contribution in [0.5, 0.6) is 11.5 Å². The van der Waals surface area contributed by atoms with Gasteiger partial charge in [0.15, 0.2) is 6.10 Å². The highest BCUT2D eigenvalue weighted by atomic mass is 16.5. The zero-order valence-corrected chi connectivity index (χ0v) is 16.6. The Kier molecular flexibility index (Phi) is 8.34. The molecule has 0 aromatic heterocycles. The molecule has 0 aliphatic rings. The van der Waals surface area contributed by atoms with Gasteiger partial charge in [0.1, 0.15) is 11.5 Å². The van der Waals surface area contributed by atoms with E-state index in [1.165, 1.54) is 0 Å². The number of benzene rings is 2. The van der Waals surface area contributed by atoms with Crippen LogP contribution in [-0.4, -0.2) is 31.2 Å². The van der Waals surface area contributed by atoms with Crippen molar-refractivity contribution in [2.45, 2.75) is 39.7 Å². The maximum atomic E-state index is 12.3. The summed E-state index contributed by atoms with van der Waals surface area (Å²) >= 11 is 0. The summed E-state index contributed by atoms with van der Waals surface area (Å²) in [5.74, 6) is 0.504. The van der Waals surface area contributed by atoms with E-state index in [0.29, 0.717) is 31.1 Å². The molecule has 0 aliphatic heterocycles. The Morgan fingerprint density at radius 1 is 1.07 bits per heavy atom. The molecule has 0 saturated carbocycles. The first-order valence-electron chi connectivity index (χ1n) is 9.41. The third-order valence-corrected chi connectivity index (χ3v) is 3.91. The normalized spacial score (nSPS) is 11.4. The molecule has 1 atom stereocenters. The van der Waals surface area contributed by atoms with Gasteiger partial charge in [-0.1, -0.05) is 24.3 Å². The number of ether oxygens (including phenoxy) is 3. The molecule has 2 aromatic rings. The number of carbonyl (C=O) groups is 2. The largest absolute Gasteiger partial charge is 0.494 e. The van der Waals surface area contributed by atoms with Crippen LogP contribution in [0, 0.1) is 6.92 Å². The van der Waals surface area contributed by atoms with E-state index in [9.17, 15) is 9.59 Å². The second kappa shape index (κ2) is 11.0. The van der Waals surface area contributed by atoms with Crippen molar-refractivity contribution in [3.05, 3.63) is 54.1 Å². The van der Waals surface area contributed by atoms with Crippen molar-refractivity contribution >= 4 is 17.6 Å². The molecule has 0 radical (unpaired) electrons. The predicted octanol–water partition coefficient (Wildman–Crippen LogP) is 4.12. The van der Waals surface area contributed by atoms with Crippen molar-refractivity contribution in [2.75, 3.05) is 18.5 Å². The van der Waals surface area contributed by atoms with Crippen LogP contribution in [0.3, 0.4) is 0 Å². The highest BCUT2D eigenvalue weighted by Gasteiger charge is 2.19. The Morgan fingerprint density at radius 2 is 1.86 bits per heavy atom. The van der Waals surface area contributed by atoms with Gasteiger partial charge in [-0.2, -0.15) is 0 Å². The molecule has 0 saturated heterocycles. The maximum Gasteiger partial charge on any atom is 0.306 e. The number of nitrogens with one attached hydrogen (secondary N) is 1. The maximum absolute atomic E-state index is 12.3. The summed E-state index contributed by atoms with van der Waals surface area (Å²) in [6, 6.07) is 14.8. The lowest BCUT2D eigenvalue weighted by Crippen LogP contribution is -2.30. The van der Waals surface area contributed by atoms with E-state index in [1.807, 2.05) is 44.2 Å². The number of carbonyl (C=O) groups excluding carboxylic acids is 2. The second-order valence-electron chi connectivity index (χ2n) is 6.32. The third-order valence-electron chi connectivity index (χ3n) is 3.91. The van der Waals surface area contributed by atoms with Crippen LogP contribution in [0.1, 0.15) is 32.3 Å². The summed E-state index contributed by atoms with van der Waals surface area (Å²) in [6.45, 7) is 6.29. The zero-order chi connectivity index (χ0) is 20.4. The Balaban J connectivity index is 1.73. The molecule has 0 aliphatic carbocycles. The third kappa shape index (κ3) is 6.95. The van der Waals surface area contributed by atoms with Gasteiger partial charge in [0, 0.05) is 6.42 Å². The smallest absolute Gasteiger partial charge is 0.306 e. The Bertz CT molecular complexity index is 790. The lowest BCUT2D eigenvalue weighted by atomic mass is 10.2. The predicted molar refractivity (Wildman–Crippen MR) is 108 cm³/mol. The van der Waals surface area contributed by atoms with Crippen LogP contribution in [0.2, 0.25) is 0 Å². The summed E-state index contributed by atoms with van der Waals surface area (Å²) in [4.78, 5) is 24.2. The highest BCUT2D eigenvalue weighted by molar-refractivity contribution is 5.96. The van der Waals surface area contributed by atoms with E-state index in [0.717, 1.165) is 11.3 Å². The van der Waals surface area contributed by atoms with Crippen molar-refractivity contribution in [3.8, 4) is 11.5 Å². The second-order valence-corrected chi connectivity index (χ2v) is 6.32. The Hall–Kier alpha value is -3.02. The van der Waals surface area contributed by atoms with E-state index in [-0.39, 0.29) is 6.42 Å².